The van der Waals surface area contributed by atoms with E-state index in [1.54, 1.807) is 0 Å². The van der Waals surface area contributed by atoms with Crippen molar-refractivity contribution in [3.63, 3.8) is 0 Å². The van der Waals surface area contributed by atoms with Gasteiger partial charge in [-0.05, 0) is 67.6 Å². The standard InChI is InChI=1S/C34H43N2O3/c1-2-3-4-5-6-7-13-27-18-20-28(21-19-27)29-22-24-36(37)32(29)26-38-25-12-23-35-30-14-8-10-16-33(30)39-34-17-11-9-15-31(34)35/h8-11,14-21,29,32H,2-7,12-13,22-26H2,1H3/q-1/t29-,32-/m1/s1. The molecule has 208 valence electrons. The molecule has 2 aliphatic rings. The van der Waals surface area contributed by atoms with Crippen LogP contribution in [0.4, 0.5) is 11.4 Å². The largest absolute Gasteiger partial charge is 0.785 e. The van der Waals surface area contributed by atoms with Gasteiger partial charge in [0.2, 0.25) is 0 Å². The summed E-state index contributed by atoms with van der Waals surface area (Å²) in [7, 11) is 0. The number of nitrogens with zero attached hydrogens (tertiary/aromatic N) is 2. The summed E-state index contributed by atoms with van der Waals surface area (Å²) >= 11 is 0. The van der Waals surface area contributed by atoms with Gasteiger partial charge in [-0.1, -0.05) is 87.6 Å². The number of unbranched alkanes of at least 4 members (excludes halogenated alkanes) is 5. The highest BCUT2D eigenvalue weighted by Crippen LogP contribution is 2.46. The Bertz CT molecular complexity index is 1120. The minimum Gasteiger partial charge on any atom is -0.785 e. The molecular weight excluding hydrogens is 484 g/mol. The highest BCUT2D eigenvalue weighted by atomic mass is 16.5. The zero-order chi connectivity index (χ0) is 26.9. The zero-order valence-electron chi connectivity index (χ0n) is 23.4. The summed E-state index contributed by atoms with van der Waals surface area (Å²) in [5.41, 5.74) is 4.84. The summed E-state index contributed by atoms with van der Waals surface area (Å²) in [6.45, 7) is 4.77. The highest BCUT2D eigenvalue weighted by Gasteiger charge is 2.30. The van der Waals surface area contributed by atoms with Gasteiger partial charge in [0.05, 0.1) is 18.0 Å². The van der Waals surface area contributed by atoms with E-state index >= 15 is 0 Å². The smallest absolute Gasteiger partial charge is 0.151 e. The van der Waals surface area contributed by atoms with E-state index in [1.807, 2.05) is 36.4 Å². The second kappa shape index (κ2) is 14.0. The van der Waals surface area contributed by atoms with Crippen LogP contribution >= 0.6 is 0 Å². The van der Waals surface area contributed by atoms with E-state index in [4.69, 9.17) is 9.47 Å². The van der Waals surface area contributed by atoms with Gasteiger partial charge >= 0.3 is 0 Å². The molecule has 0 aromatic heterocycles. The van der Waals surface area contributed by atoms with E-state index in [0.29, 0.717) is 19.8 Å². The zero-order valence-corrected chi connectivity index (χ0v) is 23.4. The molecular formula is C34H43N2O3-. The Kier molecular flexibility index (Phi) is 9.92. The normalized spacial score (nSPS) is 18.6. The lowest BCUT2D eigenvalue weighted by Gasteiger charge is -2.34. The van der Waals surface area contributed by atoms with Crippen LogP contribution in [0.15, 0.2) is 72.8 Å². The average molecular weight is 528 g/mol. The highest BCUT2D eigenvalue weighted by molar-refractivity contribution is 5.77. The number of anilines is 2. The van der Waals surface area contributed by atoms with Crippen molar-refractivity contribution in [2.75, 3.05) is 31.2 Å². The molecule has 0 aliphatic carbocycles. The second-order valence-electron chi connectivity index (χ2n) is 11.0. The predicted molar refractivity (Wildman–Crippen MR) is 160 cm³/mol. The van der Waals surface area contributed by atoms with Crippen LogP contribution in [0.5, 0.6) is 11.5 Å². The van der Waals surface area contributed by atoms with Gasteiger partial charge in [-0.25, -0.2) is 0 Å². The number of hydrogen-bond donors (Lipinski definition) is 0. The Morgan fingerprint density at radius 3 is 2.21 bits per heavy atom. The molecule has 3 aromatic carbocycles. The van der Waals surface area contributed by atoms with Crippen molar-refractivity contribution >= 4 is 11.4 Å². The molecule has 2 atom stereocenters. The molecule has 1 saturated heterocycles. The van der Waals surface area contributed by atoms with Crippen molar-refractivity contribution in [1.29, 1.82) is 0 Å². The SMILES string of the molecule is CCCCCCCCc1ccc([C@H]2CCN([O-])[C@@H]2COCCCN2c3ccccc3Oc3ccccc32)cc1. The second-order valence-corrected chi connectivity index (χ2v) is 11.0. The van der Waals surface area contributed by atoms with Crippen molar-refractivity contribution in [3.05, 3.63) is 89.1 Å². The number of hydroxylamine groups is 2. The summed E-state index contributed by atoms with van der Waals surface area (Å²) in [5, 5.41) is 13.9. The molecule has 3 aromatic rings. The lowest BCUT2D eigenvalue weighted by atomic mass is 9.91. The van der Waals surface area contributed by atoms with Crippen LogP contribution in [0.25, 0.3) is 0 Å². The summed E-state index contributed by atoms with van der Waals surface area (Å²) < 4.78 is 12.2. The maximum atomic E-state index is 12.7. The molecule has 0 saturated carbocycles. The fourth-order valence-corrected chi connectivity index (χ4v) is 6.01. The number of para-hydroxylation sites is 4. The topological polar surface area (TPSA) is 48.0 Å². The number of benzene rings is 3. The van der Waals surface area contributed by atoms with Gasteiger partial charge in [0.15, 0.2) is 11.5 Å². The molecule has 0 N–H and O–H groups in total. The fraction of sp³-hybridized carbons (Fsp3) is 0.471. The maximum Gasteiger partial charge on any atom is 0.151 e. The third-order valence-corrected chi connectivity index (χ3v) is 8.21. The van der Waals surface area contributed by atoms with Gasteiger partial charge < -0.3 is 24.6 Å². The molecule has 39 heavy (non-hydrogen) atoms. The summed E-state index contributed by atoms with van der Waals surface area (Å²) in [6.07, 6.45) is 10.9. The van der Waals surface area contributed by atoms with E-state index < -0.39 is 0 Å². The first-order valence-corrected chi connectivity index (χ1v) is 15.0. The van der Waals surface area contributed by atoms with Crippen molar-refractivity contribution in [2.24, 2.45) is 0 Å². The molecule has 5 heteroatoms. The minimum atomic E-state index is -0.112. The van der Waals surface area contributed by atoms with E-state index in [9.17, 15) is 5.21 Å². The van der Waals surface area contributed by atoms with Gasteiger partial charge in [-0.2, -0.15) is 0 Å². The lowest BCUT2D eigenvalue weighted by Crippen LogP contribution is -2.32. The van der Waals surface area contributed by atoms with Gasteiger partial charge in [0.25, 0.3) is 0 Å². The van der Waals surface area contributed by atoms with Crippen molar-refractivity contribution in [3.8, 4) is 11.5 Å². The molecule has 5 nitrogen and oxygen atoms in total. The average Bonchev–Trinajstić information content (AvgIpc) is 3.34. The van der Waals surface area contributed by atoms with Gasteiger partial charge in [-0.3, -0.25) is 0 Å². The molecule has 1 fully saturated rings. The van der Waals surface area contributed by atoms with Gasteiger partial charge in [0.1, 0.15) is 0 Å². The van der Waals surface area contributed by atoms with Crippen LogP contribution in [0, 0.1) is 5.21 Å². The monoisotopic (exact) mass is 527 g/mol. The van der Waals surface area contributed by atoms with Crippen molar-refractivity contribution < 1.29 is 9.47 Å². The molecule has 2 aliphatic heterocycles. The number of aryl methyl sites for hydroxylation is 1. The summed E-state index contributed by atoms with van der Waals surface area (Å²) in [5.74, 6) is 2.00. The maximum absolute atomic E-state index is 12.7. The van der Waals surface area contributed by atoms with E-state index in [1.165, 1.54) is 54.7 Å². The quantitative estimate of drug-likeness (QED) is 0.196. The van der Waals surface area contributed by atoms with Crippen molar-refractivity contribution in [1.82, 2.24) is 5.06 Å². The Balaban J connectivity index is 1.09. The predicted octanol–water partition coefficient (Wildman–Crippen LogP) is 8.60. The summed E-state index contributed by atoms with van der Waals surface area (Å²) in [4.78, 5) is 2.31. The lowest BCUT2D eigenvalue weighted by molar-refractivity contribution is 0.0860. The Morgan fingerprint density at radius 2 is 1.49 bits per heavy atom. The Hall–Kier alpha value is -2.86. The molecule has 0 amide bonds. The fourth-order valence-electron chi connectivity index (χ4n) is 6.01. The van der Waals surface area contributed by atoms with E-state index in [2.05, 4.69) is 48.2 Å². The molecule has 0 unspecified atom stereocenters. The number of hydrogen-bond acceptors (Lipinski definition) is 5. The number of rotatable bonds is 14. The minimum absolute atomic E-state index is 0.112. The van der Waals surface area contributed by atoms with Crippen LogP contribution < -0.4 is 9.64 Å². The van der Waals surface area contributed by atoms with Crippen LogP contribution in [-0.2, 0) is 11.2 Å². The first-order chi connectivity index (χ1) is 19.2. The van der Waals surface area contributed by atoms with Gasteiger partial charge in [-0.15, -0.1) is 0 Å². The van der Waals surface area contributed by atoms with E-state index in [-0.39, 0.29) is 12.0 Å². The van der Waals surface area contributed by atoms with Crippen LogP contribution in [0.2, 0.25) is 0 Å². The molecule has 2 heterocycles. The Labute approximate surface area is 234 Å². The Morgan fingerprint density at radius 1 is 0.821 bits per heavy atom. The first kappa shape index (κ1) is 27.7. The molecule has 0 bridgehead atoms. The van der Waals surface area contributed by atoms with Crippen molar-refractivity contribution in [2.45, 2.75) is 76.7 Å². The van der Waals surface area contributed by atoms with Crippen LogP contribution in [0.3, 0.4) is 0 Å². The molecule has 5 rings (SSSR count). The van der Waals surface area contributed by atoms with E-state index in [0.717, 1.165) is 48.7 Å². The van der Waals surface area contributed by atoms with Crippen LogP contribution in [0.1, 0.15) is 75.3 Å². The first-order valence-electron chi connectivity index (χ1n) is 15.0. The summed E-state index contributed by atoms with van der Waals surface area (Å²) in [6, 6.07) is 25.2. The third kappa shape index (κ3) is 7.02. The third-order valence-electron chi connectivity index (χ3n) is 8.21. The van der Waals surface area contributed by atoms with Gasteiger partial charge in [0, 0.05) is 25.1 Å². The molecule has 0 spiro atoms. The van der Waals surface area contributed by atoms with Crippen LogP contribution in [-0.4, -0.2) is 37.4 Å². The molecule has 0 radical (unpaired) electrons. The number of ether oxygens (including phenoxy) is 2. The number of fused-ring (bicyclic) bond motifs is 2.